The Balaban J connectivity index is 2.40. The number of rotatable bonds is 1. The normalized spacial score (nSPS) is 10.8. The number of benzene rings is 2. The van der Waals surface area contributed by atoms with E-state index in [0.29, 0.717) is 20.5 Å². The van der Waals surface area contributed by atoms with E-state index in [-0.39, 0.29) is 5.82 Å². The molecule has 0 fully saturated rings. The van der Waals surface area contributed by atoms with Gasteiger partial charge in [0, 0.05) is 0 Å². The summed E-state index contributed by atoms with van der Waals surface area (Å²) in [6.45, 7) is 1.88. The molecule has 0 saturated carbocycles. The standard InChI is InChI=1S/C15H9BrFN3S/c1-8-4-10(16)11(17)6-13(8)20-14-5-9(7-18)2-3-12(14)19-15(20)21/h2-6H,1H3,(H,19,21). The van der Waals surface area contributed by atoms with Gasteiger partial charge in [0.05, 0.1) is 32.8 Å². The van der Waals surface area contributed by atoms with Crippen molar-refractivity contribution in [3.05, 3.63) is 56.5 Å². The third-order valence-electron chi connectivity index (χ3n) is 3.29. The van der Waals surface area contributed by atoms with Crippen molar-refractivity contribution in [3.8, 4) is 11.8 Å². The molecule has 1 heterocycles. The molecule has 3 rings (SSSR count). The van der Waals surface area contributed by atoms with Crippen LogP contribution in [0.3, 0.4) is 0 Å². The zero-order chi connectivity index (χ0) is 15.1. The summed E-state index contributed by atoms with van der Waals surface area (Å²) in [7, 11) is 0. The van der Waals surface area contributed by atoms with Crippen LogP contribution in [0.1, 0.15) is 11.1 Å². The minimum Gasteiger partial charge on any atom is -0.330 e. The monoisotopic (exact) mass is 361 g/mol. The number of halogens is 2. The maximum Gasteiger partial charge on any atom is 0.182 e. The van der Waals surface area contributed by atoms with Gasteiger partial charge in [-0.1, -0.05) is 0 Å². The van der Waals surface area contributed by atoms with Crippen LogP contribution in [0.15, 0.2) is 34.8 Å². The molecule has 0 aliphatic heterocycles. The SMILES string of the molecule is Cc1cc(Br)c(F)cc1-n1c(=S)[nH]c2ccc(C#N)cc21. The number of hydrogen-bond donors (Lipinski definition) is 1. The molecule has 0 saturated heterocycles. The molecule has 0 aliphatic rings. The van der Waals surface area contributed by atoms with Crippen molar-refractivity contribution >= 4 is 39.2 Å². The highest BCUT2D eigenvalue weighted by molar-refractivity contribution is 9.10. The summed E-state index contributed by atoms with van der Waals surface area (Å²) in [5.74, 6) is -0.358. The van der Waals surface area contributed by atoms with Gasteiger partial charge in [-0.3, -0.25) is 4.57 Å². The minimum atomic E-state index is -0.358. The van der Waals surface area contributed by atoms with Crippen LogP contribution in [0.2, 0.25) is 0 Å². The Hall–Kier alpha value is -1.97. The van der Waals surface area contributed by atoms with Gasteiger partial charge in [0.1, 0.15) is 5.82 Å². The lowest BCUT2D eigenvalue weighted by Crippen LogP contribution is -1.99. The van der Waals surface area contributed by atoms with Gasteiger partial charge in [0.15, 0.2) is 4.77 Å². The number of H-pyrrole nitrogens is 1. The van der Waals surface area contributed by atoms with Crippen molar-refractivity contribution in [1.82, 2.24) is 9.55 Å². The molecule has 6 heteroatoms. The molecule has 2 aromatic carbocycles. The number of nitrogens with zero attached hydrogens (tertiary/aromatic N) is 2. The van der Waals surface area contributed by atoms with Gasteiger partial charge < -0.3 is 4.98 Å². The van der Waals surface area contributed by atoms with Crippen molar-refractivity contribution < 1.29 is 4.39 Å². The van der Waals surface area contributed by atoms with Gasteiger partial charge in [-0.2, -0.15) is 5.26 Å². The Kier molecular flexibility index (Phi) is 3.40. The Morgan fingerprint density at radius 3 is 2.81 bits per heavy atom. The smallest absolute Gasteiger partial charge is 0.182 e. The largest absolute Gasteiger partial charge is 0.330 e. The summed E-state index contributed by atoms with van der Waals surface area (Å²) in [5, 5.41) is 9.04. The predicted octanol–water partition coefficient (Wildman–Crippen LogP) is 4.77. The number of imidazole rings is 1. The third kappa shape index (κ3) is 2.28. The summed E-state index contributed by atoms with van der Waals surface area (Å²) in [5.41, 5.74) is 3.62. The van der Waals surface area contributed by atoms with Gasteiger partial charge in [-0.25, -0.2) is 4.39 Å². The van der Waals surface area contributed by atoms with Crippen LogP contribution < -0.4 is 0 Å². The number of nitrogens with one attached hydrogen (secondary N) is 1. The summed E-state index contributed by atoms with van der Waals surface area (Å²) in [4.78, 5) is 3.07. The fourth-order valence-corrected chi connectivity index (χ4v) is 3.05. The van der Waals surface area contributed by atoms with Crippen molar-refractivity contribution in [1.29, 1.82) is 5.26 Å². The second-order valence-electron chi connectivity index (χ2n) is 4.66. The molecule has 104 valence electrons. The lowest BCUT2D eigenvalue weighted by molar-refractivity contribution is 0.619. The van der Waals surface area contributed by atoms with Crippen LogP contribution in [-0.2, 0) is 0 Å². The zero-order valence-electron chi connectivity index (χ0n) is 10.9. The third-order valence-corrected chi connectivity index (χ3v) is 4.18. The minimum absolute atomic E-state index is 0.358. The Labute approximate surface area is 133 Å². The molecule has 0 bridgehead atoms. The topological polar surface area (TPSA) is 44.5 Å². The maximum atomic E-state index is 13.9. The summed E-state index contributed by atoms with van der Waals surface area (Å²) >= 11 is 8.51. The number of aromatic amines is 1. The molecule has 21 heavy (non-hydrogen) atoms. The maximum absolute atomic E-state index is 13.9. The number of aryl methyl sites for hydroxylation is 1. The number of aromatic nitrogens is 2. The van der Waals surface area contributed by atoms with Gasteiger partial charge in [0.2, 0.25) is 0 Å². The molecular weight excluding hydrogens is 353 g/mol. The molecule has 1 aromatic heterocycles. The van der Waals surface area contributed by atoms with E-state index in [2.05, 4.69) is 27.0 Å². The molecular formula is C15H9BrFN3S. The molecule has 0 aliphatic carbocycles. The Morgan fingerprint density at radius 1 is 1.33 bits per heavy atom. The van der Waals surface area contributed by atoms with E-state index in [1.54, 1.807) is 28.8 Å². The van der Waals surface area contributed by atoms with E-state index in [9.17, 15) is 4.39 Å². The lowest BCUT2D eigenvalue weighted by atomic mass is 10.1. The van der Waals surface area contributed by atoms with Crippen molar-refractivity contribution in [2.24, 2.45) is 0 Å². The quantitative estimate of drug-likeness (QED) is 0.634. The predicted molar refractivity (Wildman–Crippen MR) is 85.6 cm³/mol. The van der Waals surface area contributed by atoms with Gasteiger partial charge >= 0.3 is 0 Å². The van der Waals surface area contributed by atoms with Crippen molar-refractivity contribution in [3.63, 3.8) is 0 Å². The van der Waals surface area contributed by atoms with E-state index in [4.69, 9.17) is 17.5 Å². The highest BCUT2D eigenvalue weighted by atomic mass is 79.9. The number of hydrogen-bond acceptors (Lipinski definition) is 2. The molecule has 0 atom stereocenters. The first-order valence-corrected chi connectivity index (χ1v) is 7.32. The zero-order valence-corrected chi connectivity index (χ0v) is 13.3. The highest BCUT2D eigenvalue weighted by Gasteiger charge is 2.12. The fraction of sp³-hybridized carbons (Fsp3) is 0.0667. The summed E-state index contributed by atoms with van der Waals surface area (Å²) in [6.07, 6.45) is 0. The van der Waals surface area contributed by atoms with Crippen LogP contribution in [0, 0.1) is 28.8 Å². The lowest BCUT2D eigenvalue weighted by Gasteiger charge is -2.10. The van der Waals surface area contributed by atoms with Crippen LogP contribution >= 0.6 is 28.1 Å². The second kappa shape index (κ2) is 5.10. The van der Waals surface area contributed by atoms with E-state index in [1.165, 1.54) is 6.07 Å². The fourth-order valence-electron chi connectivity index (χ4n) is 2.29. The first-order valence-electron chi connectivity index (χ1n) is 6.12. The Bertz CT molecular complexity index is 965. The molecule has 3 nitrogen and oxygen atoms in total. The van der Waals surface area contributed by atoms with Crippen LogP contribution in [0.5, 0.6) is 0 Å². The Morgan fingerprint density at radius 2 is 2.10 bits per heavy atom. The summed E-state index contributed by atoms with van der Waals surface area (Å²) < 4.78 is 16.5. The van der Waals surface area contributed by atoms with E-state index in [1.807, 2.05) is 6.92 Å². The van der Waals surface area contributed by atoms with Crippen LogP contribution in [-0.4, -0.2) is 9.55 Å². The molecule has 3 aromatic rings. The van der Waals surface area contributed by atoms with Gasteiger partial charge in [-0.15, -0.1) is 0 Å². The molecule has 1 N–H and O–H groups in total. The van der Waals surface area contributed by atoms with Crippen molar-refractivity contribution in [2.45, 2.75) is 6.92 Å². The first-order chi connectivity index (χ1) is 10.0. The van der Waals surface area contributed by atoms with E-state index >= 15 is 0 Å². The molecule has 0 amide bonds. The van der Waals surface area contributed by atoms with Gasteiger partial charge in [-0.05, 0) is 71.0 Å². The highest BCUT2D eigenvalue weighted by Crippen LogP contribution is 2.27. The van der Waals surface area contributed by atoms with Crippen molar-refractivity contribution in [2.75, 3.05) is 0 Å². The molecule has 0 unspecified atom stereocenters. The second-order valence-corrected chi connectivity index (χ2v) is 5.90. The average Bonchev–Trinajstić information content (AvgIpc) is 2.78. The van der Waals surface area contributed by atoms with Crippen LogP contribution in [0.25, 0.3) is 16.7 Å². The number of fused-ring (bicyclic) bond motifs is 1. The van der Waals surface area contributed by atoms with Gasteiger partial charge in [0.25, 0.3) is 0 Å². The van der Waals surface area contributed by atoms with Crippen LogP contribution in [0.4, 0.5) is 4.39 Å². The first kappa shape index (κ1) is 14.0. The van der Waals surface area contributed by atoms with E-state index < -0.39 is 0 Å². The van der Waals surface area contributed by atoms with E-state index in [0.717, 1.165) is 16.6 Å². The molecule has 0 radical (unpaired) electrons. The summed E-state index contributed by atoms with van der Waals surface area (Å²) in [6, 6.07) is 10.5. The number of nitriles is 1. The average molecular weight is 362 g/mol. The molecule has 0 spiro atoms.